The minimum absolute atomic E-state index is 0.0565. The molecule has 7 heteroatoms. The molecule has 124 valence electrons. The van der Waals surface area contributed by atoms with Crippen LogP contribution in [0, 0.1) is 17.8 Å². The minimum Gasteiger partial charge on any atom is -0.381 e. The number of hydrogen-bond donors (Lipinski definition) is 0. The Morgan fingerprint density at radius 3 is 2.70 bits per heavy atom. The molecule has 1 aromatic heterocycles. The summed E-state index contributed by atoms with van der Waals surface area (Å²) < 4.78 is 7.04. The van der Waals surface area contributed by atoms with Gasteiger partial charge in [-0.1, -0.05) is 0 Å². The molecule has 3 fully saturated rings. The summed E-state index contributed by atoms with van der Waals surface area (Å²) in [7, 11) is 1.85. The van der Waals surface area contributed by atoms with E-state index in [4.69, 9.17) is 4.74 Å². The number of ether oxygens (including phenoxy) is 1. The summed E-state index contributed by atoms with van der Waals surface area (Å²) >= 11 is 0. The largest absolute Gasteiger partial charge is 0.381 e. The first-order chi connectivity index (χ1) is 11.1. The number of likely N-dealkylation sites (tertiary alicyclic amines) is 1. The van der Waals surface area contributed by atoms with Gasteiger partial charge in [-0.2, -0.15) is 5.10 Å². The van der Waals surface area contributed by atoms with Crippen molar-refractivity contribution in [1.29, 1.82) is 0 Å². The molecule has 1 aromatic rings. The van der Waals surface area contributed by atoms with Gasteiger partial charge < -0.3 is 14.5 Å². The standard InChI is InChI=1S/C16H22N4O3/c1-18-9-13(6-17-18)20-8-12-7-19(10-14(12)16(20)22)15(21)11-2-4-23-5-3-11/h6,9,11-12,14H,2-5,7-8,10H2,1H3/t12-,14-/m0/s1. The van der Waals surface area contributed by atoms with Crippen molar-refractivity contribution in [3.05, 3.63) is 12.4 Å². The Hall–Kier alpha value is -1.89. The molecule has 3 aliphatic heterocycles. The van der Waals surface area contributed by atoms with E-state index in [2.05, 4.69) is 5.10 Å². The van der Waals surface area contributed by atoms with Crippen LogP contribution in [0.5, 0.6) is 0 Å². The van der Waals surface area contributed by atoms with Crippen molar-refractivity contribution >= 4 is 17.5 Å². The van der Waals surface area contributed by atoms with Crippen molar-refractivity contribution in [1.82, 2.24) is 14.7 Å². The SMILES string of the molecule is Cn1cc(N2C[C@@H]3CN(C(=O)C4CCOCC4)C[C@@H]3C2=O)cn1. The molecule has 0 aromatic carbocycles. The second-order valence-electron chi connectivity index (χ2n) is 6.82. The molecule has 2 atom stereocenters. The van der Waals surface area contributed by atoms with Crippen LogP contribution in [0.1, 0.15) is 12.8 Å². The van der Waals surface area contributed by atoms with E-state index in [1.165, 1.54) is 0 Å². The van der Waals surface area contributed by atoms with Gasteiger partial charge >= 0.3 is 0 Å². The van der Waals surface area contributed by atoms with Crippen LogP contribution < -0.4 is 4.90 Å². The number of carbonyl (C=O) groups excluding carboxylic acids is 2. The molecule has 0 aliphatic carbocycles. The van der Waals surface area contributed by atoms with Crippen molar-refractivity contribution in [2.75, 3.05) is 37.7 Å². The third kappa shape index (κ3) is 2.52. The van der Waals surface area contributed by atoms with Crippen LogP contribution in [0.15, 0.2) is 12.4 Å². The lowest BCUT2D eigenvalue weighted by Crippen LogP contribution is -2.40. The van der Waals surface area contributed by atoms with Crippen LogP contribution in [-0.2, 0) is 21.4 Å². The Kier molecular flexibility index (Phi) is 3.60. The smallest absolute Gasteiger partial charge is 0.232 e. The number of carbonyl (C=O) groups is 2. The maximum absolute atomic E-state index is 12.7. The lowest BCUT2D eigenvalue weighted by molar-refractivity contribution is -0.137. The number of nitrogens with zero attached hydrogens (tertiary/aromatic N) is 4. The molecule has 2 amide bonds. The average Bonchev–Trinajstić information content (AvgIpc) is 3.24. The zero-order chi connectivity index (χ0) is 16.0. The molecule has 0 unspecified atom stereocenters. The number of anilines is 1. The van der Waals surface area contributed by atoms with Crippen molar-refractivity contribution in [2.45, 2.75) is 12.8 Å². The zero-order valence-corrected chi connectivity index (χ0v) is 13.4. The summed E-state index contributed by atoms with van der Waals surface area (Å²) in [6, 6.07) is 0. The van der Waals surface area contributed by atoms with Gasteiger partial charge in [-0.3, -0.25) is 14.3 Å². The van der Waals surface area contributed by atoms with Crippen LogP contribution in [0.3, 0.4) is 0 Å². The lowest BCUT2D eigenvalue weighted by Gasteiger charge is -2.27. The molecule has 0 radical (unpaired) electrons. The van der Waals surface area contributed by atoms with Crippen LogP contribution in [-0.4, -0.2) is 59.3 Å². The highest BCUT2D eigenvalue weighted by Gasteiger charge is 2.48. The average molecular weight is 318 g/mol. The Morgan fingerprint density at radius 1 is 1.26 bits per heavy atom. The number of amides is 2. The molecule has 0 spiro atoms. The summed E-state index contributed by atoms with van der Waals surface area (Å²) in [4.78, 5) is 29.0. The molecular formula is C16H22N4O3. The molecule has 3 aliphatic rings. The van der Waals surface area contributed by atoms with Crippen LogP contribution >= 0.6 is 0 Å². The first kappa shape index (κ1) is 14.7. The highest BCUT2D eigenvalue weighted by atomic mass is 16.5. The molecule has 0 bridgehead atoms. The van der Waals surface area contributed by atoms with Gasteiger partial charge in [0.15, 0.2) is 0 Å². The van der Waals surface area contributed by atoms with Crippen molar-refractivity contribution < 1.29 is 14.3 Å². The quantitative estimate of drug-likeness (QED) is 0.785. The Balaban J connectivity index is 1.42. The predicted molar refractivity (Wildman–Crippen MR) is 82.7 cm³/mol. The molecule has 0 saturated carbocycles. The number of aryl methyl sites for hydroxylation is 1. The Bertz CT molecular complexity index is 623. The van der Waals surface area contributed by atoms with Gasteiger partial charge in [-0.25, -0.2) is 0 Å². The Labute approximate surface area is 135 Å². The number of fused-ring (bicyclic) bond motifs is 1. The molecule has 23 heavy (non-hydrogen) atoms. The van der Waals surface area contributed by atoms with Gasteiger partial charge in [0, 0.05) is 57.9 Å². The van der Waals surface area contributed by atoms with E-state index in [1.807, 2.05) is 23.0 Å². The summed E-state index contributed by atoms with van der Waals surface area (Å²) in [5.41, 5.74) is 0.856. The van der Waals surface area contributed by atoms with E-state index in [1.54, 1.807) is 10.9 Å². The molecule has 0 N–H and O–H groups in total. The van der Waals surface area contributed by atoms with Gasteiger partial charge in [0.05, 0.1) is 17.8 Å². The first-order valence-electron chi connectivity index (χ1n) is 8.30. The maximum Gasteiger partial charge on any atom is 0.232 e. The fourth-order valence-electron chi connectivity index (χ4n) is 4.02. The van der Waals surface area contributed by atoms with Crippen LogP contribution in [0.2, 0.25) is 0 Å². The monoisotopic (exact) mass is 318 g/mol. The van der Waals surface area contributed by atoms with Crippen molar-refractivity contribution in [3.63, 3.8) is 0 Å². The molecule has 4 heterocycles. The first-order valence-corrected chi connectivity index (χ1v) is 8.30. The normalized spacial score (nSPS) is 28.5. The van der Waals surface area contributed by atoms with E-state index in [-0.39, 0.29) is 29.6 Å². The molecular weight excluding hydrogens is 296 g/mol. The lowest BCUT2D eigenvalue weighted by atomic mass is 9.99. The highest BCUT2D eigenvalue weighted by Crippen LogP contribution is 2.36. The number of hydrogen-bond acceptors (Lipinski definition) is 4. The fourth-order valence-corrected chi connectivity index (χ4v) is 4.02. The minimum atomic E-state index is -0.0565. The maximum atomic E-state index is 12.7. The van der Waals surface area contributed by atoms with Gasteiger partial charge in [0.1, 0.15) is 0 Å². The van der Waals surface area contributed by atoms with E-state index in [0.29, 0.717) is 32.8 Å². The summed E-state index contributed by atoms with van der Waals surface area (Å²) in [6.45, 7) is 3.29. The number of rotatable bonds is 2. The second-order valence-corrected chi connectivity index (χ2v) is 6.82. The van der Waals surface area contributed by atoms with E-state index in [9.17, 15) is 9.59 Å². The van der Waals surface area contributed by atoms with Gasteiger partial charge in [0.2, 0.25) is 11.8 Å². The van der Waals surface area contributed by atoms with E-state index >= 15 is 0 Å². The molecule has 4 rings (SSSR count). The number of aromatic nitrogens is 2. The van der Waals surface area contributed by atoms with Gasteiger partial charge in [-0.15, -0.1) is 0 Å². The molecule has 7 nitrogen and oxygen atoms in total. The predicted octanol–water partition coefficient (Wildman–Crippen LogP) is 0.268. The second kappa shape index (κ2) is 5.63. The van der Waals surface area contributed by atoms with Crippen LogP contribution in [0.4, 0.5) is 5.69 Å². The van der Waals surface area contributed by atoms with Crippen molar-refractivity contribution in [3.8, 4) is 0 Å². The van der Waals surface area contributed by atoms with E-state index < -0.39 is 0 Å². The highest BCUT2D eigenvalue weighted by molar-refractivity contribution is 5.98. The fraction of sp³-hybridized carbons (Fsp3) is 0.688. The van der Waals surface area contributed by atoms with Gasteiger partial charge in [0.25, 0.3) is 0 Å². The Morgan fingerprint density at radius 2 is 2.04 bits per heavy atom. The summed E-state index contributed by atoms with van der Waals surface area (Å²) in [5, 5.41) is 4.14. The third-order valence-electron chi connectivity index (χ3n) is 5.33. The third-order valence-corrected chi connectivity index (χ3v) is 5.33. The topological polar surface area (TPSA) is 67.7 Å². The van der Waals surface area contributed by atoms with E-state index in [0.717, 1.165) is 18.5 Å². The van der Waals surface area contributed by atoms with Gasteiger partial charge in [-0.05, 0) is 12.8 Å². The summed E-state index contributed by atoms with van der Waals surface area (Å²) in [6.07, 6.45) is 5.20. The van der Waals surface area contributed by atoms with Crippen molar-refractivity contribution in [2.24, 2.45) is 24.8 Å². The molecule has 3 saturated heterocycles. The zero-order valence-electron chi connectivity index (χ0n) is 13.4. The van der Waals surface area contributed by atoms with Crippen LogP contribution in [0.25, 0.3) is 0 Å². The summed E-state index contributed by atoms with van der Waals surface area (Å²) in [5.74, 6) is 0.603.